The van der Waals surface area contributed by atoms with Crippen molar-refractivity contribution >= 4 is 29.2 Å². The SMILES string of the molecule is COCCN1CCC2(CCN(C(=O)Nc3cc(Cl)ccc3OC)C2)C1=O. The summed E-state index contributed by atoms with van der Waals surface area (Å²) in [4.78, 5) is 29.0. The summed E-state index contributed by atoms with van der Waals surface area (Å²) in [7, 11) is 3.16. The maximum absolute atomic E-state index is 12.8. The number of hydrogen-bond donors (Lipinski definition) is 1. The summed E-state index contributed by atoms with van der Waals surface area (Å²) < 4.78 is 10.3. The van der Waals surface area contributed by atoms with Crippen molar-refractivity contribution in [1.29, 1.82) is 0 Å². The molecule has 2 aliphatic rings. The lowest BCUT2D eigenvalue weighted by molar-refractivity contribution is -0.135. The number of anilines is 1. The molecule has 3 amide bonds. The molecule has 2 fully saturated rings. The summed E-state index contributed by atoms with van der Waals surface area (Å²) in [5, 5.41) is 3.36. The van der Waals surface area contributed by atoms with Crippen molar-refractivity contribution in [2.24, 2.45) is 5.41 Å². The van der Waals surface area contributed by atoms with Gasteiger partial charge in [0.05, 0.1) is 24.8 Å². The Balaban J connectivity index is 1.65. The molecule has 2 saturated heterocycles. The first-order chi connectivity index (χ1) is 12.5. The molecule has 2 aliphatic heterocycles. The van der Waals surface area contributed by atoms with E-state index in [4.69, 9.17) is 21.1 Å². The fraction of sp³-hybridized carbons (Fsp3) is 0.556. The fourth-order valence-corrected chi connectivity index (χ4v) is 3.88. The molecule has 2 heterocycles. The van der Waals surface area contributed by atoms with Crippen LogP contribution in [0.4, 0.5) is 10.5 Å². The minimum absolute atomic E-state index is 0.130. The van der Waals surface area contributed by atoms with Gasteiger partial charge in [0.25, 0.3) is 0 Å². The largest absolute Gasteiger partial charge is 0.495 e. The third kappa shape index (κ3) is 3.59. The number of likely N-dealkylation sites (tertiary alicyclic amines) is 2. The van der Waals surface area contributed by atoms with Gasteiger partial charge in [-0.15, -0.1) is 0 Å². The van der Waals surface area contributed by atoms with Gasteiger partial charge in [-0.1, -0.05) is 11.6 Å². The number of urea groups is 1. The maximum Gasteiger partial charge on any atom is 0.321 e. The van der Waals surface area contributed by atoms with Crippen molar-refractivity contribution in [3.05, 3.63) is 23.2 Å². The molecule has 0 bridgehead atoms. The lowest BCUT2D eigenvalue weighted by Crippen LogP contribution is -2.40. The molecule has 7 nitrogen and oxygen atoms in total. The number of halogens is 1. The fourth-order valence-electron chi connectivity index (χ4n) is 3.70. The molecule has 3 rings (SSSR count). The quantitative estimate of drug-likeness (QED) is 0.850. The lowest BCUT2D eigenvalue weighted by atomic mass is 9.85. The van der Waals surface area contributed by atoms with Crippen LogP contribution >= 0.6 is 11.6 Å². The maximum atomic E-state index is 12.8. The van der Waals surface area contributed by atoms with Crippen LogP contribution in [-0.4, -0.2) is 68.7 Å². The number of carbonyl (C=O) groups excluding carboxylic acids is 2. The number of methoxy groups -OCH3 is 2. The Bertz CT molecular complexity index is 699. The number of carbonyl (C=O) groups is 2. The Labute approximate surface area is 158 Å². The lowest BCUT2D eigenvalue weighted by Gasteiger charge is -2.24. The van der Waals surface area contributed by atoms with E-state index in [1.807, 2.05) is 4.90 Å². The van der Waals surface area contributed by atoms with Crippen LogP contribution in [0.15, 0.2) is 18.2 Å². The normalized spacial score (nSPS) is 22.3. The average molecular weight is 382 g/mol. The summed E-state index contributed by atoms with van der Waals surface area (Å²) >= 11 is 6.01. The molecule has 1 unspecified atom stereocenters. The van der Waals surface area contributed by atoms with Crippen LogP contribution in [0.5, 0.6) is 5.75 Å². The summed E-state index contributed by atoms with van der Waals surface area (Å²) in [5.74, 6) is 0.671. The molecule has 0 aromatic heterocycles. The van der Waals surface area contributed by atoms with Gasteiger partial charge in [0.1, 0.15) is 5.75 Å². The van der Waals surface area contributed by atoms with E-state index in [0.29, 0.717) is 49.1 Å². The summed E-state index contributed by atoms with van der Waals surface area (Å²) in [6, 6.07) is 4.81. The van der Waals surface area contributed by atoms with Gasteiger partial charge >= 0.3 is 6.03 Å². The first kappa shape index (κ1) is 18.8. The molecule has 1 N–H and O–H groups in total. The smallest absolute Gasteiger partial charge is 0.321 e. The van der Waals surface area contributed by atoms with Gasteiger partial charge < -0.3 is 24.6 Å². The van der Waals surface area contributed by atoms with E-state index < -0.39 is 5.41 Å². The highest BCUT2D eigenvalue weighted by Gasteiger charge is 2.51. The van der Waals surface area contributed by atoms with Crippen molar-refractivity contribution in [1.82, 2.24) is 9.80 Å². The Kier molecular flexibility index (Phi) is 5.58. The molecule has 8 heteroatoms. The van der Waals surface area contributed by atoms with Crippen LogP contribution in [0.25, 0.3) is 0 Å². The van der Waals surface area contributed by atoms with Crippen molar-refractivity contribution < 1.29 is 19.1 Å². The van der Waals surface area contributed by atoms with E-state index in [9.17, 15) is 9.59 Å². The zero-order chi connectivity index (χ0) is 18.7. The molecular weight excluding hydrogens is 358 g/mol. The first-order valence-electron chi connectivity index (χ1n) is 8.67. The van der Waals surface area contributed by atoms with Crippen LogP contribution in [0.2, 0.25) is 5.02 Å². The molecule has 26 heavy (non-hydrogen) atoms. The van der Waals surface area contributed by atoms with Gasteiger partial charge in [-0.25, -0.2) is 4.79 Å². The second-order valence-corrected chi connectivity index (χ2v) is 7.20. The van der Waals surface area contributed by atoms with E-state index in [1.54, 1.807) is 30.2 Å². The second kappa shape index (κ2) is 7.72. The highest BCUT2D eigenvalue weighted by molar-refractivity contribution is 6.31. The zero-order valence-corrected chi connectivity index (χ0v) is 15.8. The Hall–Kier alpha value is -1.99. The number of ether oxygens (including phenoxy) is 2. The Morgan fingerprint density at radius 1 is 1.31 bits per heavy atom. The first-order valence-corrected chi connectivity index (χ1v) is 9.05. The van der Waals surface area contributed by atoms with Gasteiger partial charge in [0, 0.05) is 38.3 Å². The standard InChI is InChI=1S/C18H24ClN3O4/c1-25-10-9-21-7-5-18(16(21)23)6-8-22(12-18)17(24)20-14-11-13(19)3-4-15(14)26-2/h3-4,11H,5-10,12H2,1-2H3,(H,20,24). The van der Waals surface area contributed by atoms with Crippen molar-refractivity contribution in [3.63, 3.8) is 0 Å². The number of nitrogens with one attached hydrogen (secondary N) is 1. The zero-order valence-electron chi connectivity index (χ0n) is 15.1. The van der Waals surface area contributed by atoms with Gasteiger partial charge in [-0.2, -0.15) is 0 Å². The predicted molar refractivity (Wildman–Crippen MR) is 98.7 cm³/mol. The van der Waals surface area contributed by atoms with Crippen LogP contribution in [0.3, 0.4) is 0 Å². The van der Waals surface area contributed by atoms with Gasteiger partial charge in [-0.05, 0) is 31.0 Å². The highest BCUT2D eigenvalue weighted by atomic mass is 35.5. The monoisotopic (exact) mass is 381 g/mol. The van der Waals surface area contributed by atoms with Gasteiger partial charge in [-0.3, -0.25) is 4.79 Å². The second-order valence-electron chi connectivity index (χ2n) is 6.76. The third-order valence-electron chi connectivity index (χ3n) is 5.21. The molecule has 1 atom stereocenters. The summed E-state index contributed by atoms with van der Waals surface area (Å²) in [5.41, 5.74) is 0.0640. The van der Waals surface area contributed by atoms with Gasteiger partial charge in [0.2, 0.25) is 5.91 Å². The van der Waals surface area contributed by atoms with Crippen LogP contribution in [0.1, 0.15) is 12.8 Å². The molecule has 0 saturated carbocycles. The number of hydrogen-bond acceptors (Lipinski definition) is 4. The predicted octanol–water partition coefficient (Wildman–Crippen LogP) is 2.45. The van der Waals surface area contributed by atoms with E-state index in [1.165, 1.54) is 7.11 Å². The molecule has 1 aromatic rings. The third-order valence-corrected chi connectivity index (χ3v) is 5.45. The van der Waals surface area contributed by atoms with Gasteiger partial charge in [0.15, 0.2) is 0 Å². The molecule has 1 aromatic carbocycles. The van der Waals surface area contributed by atoms with E-state index >= 15 is 0 Å². The van der Waals surface area contributed by atoms with Crippen LogP contribution < -0.4 is 10.1 Å². The van der Waals surface area contributed by atoms with E-state index in [-0.39, 0.29) is 11.9 Å². The molecule has 142 valence electrons. The van der Waals surface area contributed by atoms with Crippen LogP contribution in [-0.2, 0) is 9.53 Å². The van der Waals surface area contributed by atoms with Crippen molar-refractivity contribution in [2.45, 2.75) is 12.8 Å². The number of amides is 3. The molecular formula is C18H24ClN3O4. The summed E-state index contributed by atoms with van der Waals surface area (Å²) in [6.45, 7) is 2.84. The molecule has 0 aliphatic carbocycles. The minimum atomic E-state index is -0.455. The molecule has 0 radical (unpaired) electrons. The molecule has 1 spiro atoms. The topological polar surface area (TPSA) is 71.1 Å². The number of nitrogens with zero attached hydrogens (tertiary/aromatic N) is 2. The average Bonchev–Trinajstić information content (AvgIpc) is 3.19. The summed E-state index contributed by atoms with van der Waals surface area (Å²) in [6.07, 6.45) is 1.47. The minimum Gasteiger partial charge on any atom is -0.495 e. The number of benzene rings is 1. The van der Waals surface area contributed by atoms with Crippen molar-refractivity contribution in [3.8, 4) is 5.75 Å². The van der Waals surface area contributed by atoms with E-state index in [0.717, 1.165) is 13.0 Å². The van der Waals surface area contributed by atoms with Crippen LogP contribution in [0, 0.1) is 5.41 Å². The Morgan fingerprint density at radius 3 is 2.81 bits per heavy atom. The number of rotatable bonds is 5. The van der Waals surface area contributed by atoms with E-state index in [2.05, 4.69) is 5.32 Å². The highest BCUT2D eigenvalue weighted by Crippen LogP contribution is 2.41. The Morgan fingerprint density at radius 2 is 2.08 bits per heavy atom. The van der Waals surface area contributed by atoms with Crippen molar-refractivity contribution in [2.75, 3.05) is 52.3 Å².